The van der Waals surface area contributed by atoms with E-state index in [1.807, 2.05) is 0 Å². The SMILES string of the molecule is COCCNCC1CCCN1C(C)C. The number of methoxy groups -OCH3 is 1. The number of nitrogens with one attached hydrogen (secondary N) is 1. The fourth-order valence-corrected chi connectivity index (χ4v) is 2.20. The summed E-state index contributed by atoms with van der Waals surface area (Å²) >= 11 is 0. The molecule has 1 heterocycles. The van der Waals surface area contributed by atoms with E-state index in [2.05, 4.69) is 24.1 Å². The second kappa shape index (κ2) is 6.38. The Bertz CT molecular complexity index is 150. The largest absolute Gasteiger partial charge is 0.383 e. The van der Waals surface area contributed by atoms with Crippen molar-refractivity contribution in [2.24, 2.45) is 0 Å². The van der Waals surface area contributed by atoms with Crippen LogP contribution in [0.5, 0.6) is 0 Å². The summed E-state index contributed by atoms with van der Waals surface area (Å²) < 4.78 is 5.00. The van der Waals surface area contributed by atoms with Gasteiger partial charge >= 0.3 is 0 Å². The van der Waals surface area contributed by atoms with Crippen LogP contribution in [0.25, 0.3) is 0 Å². The number of rotatable bonds is 6. The number of likely N-dealkylation sites (tertiary alicyclic amines) is 1. The molecule has 0 aromatic rings. The molecular formula is C11H24N2O. The summed E-state index contributed by atoms with van der Waals surface area (Å²) in [5.74, 6) is 0. The van der Waals surface area contributed by atoms with Gasteiger partial charge in [0, 0.05) is 32.3 Å². The smallest absolute Gasteiger partial charge is 0.0587 e. The molecule has 1 aliphatic heterocycles. The Labute approximate surface area is 87.8 Å². The van der Waals surface area contributed by atoms with Crippen LogP contribution in [-0.4, -0.2) is 50.3 Å². The maximum Gasteiger partial charge on any atom is 0.0587 e. The van der Waals surface area contributed by atoms with E-state index in [0.717, 1.165) is 25.7 Å². The summed E-state index contributed by atoms with van der Waals surface area (Å²) in [7, 11) is 1.75. The highest BCUT2D eigenvalue weighted by Gasteiger charge is 2.25. The first-order chi connectivity index (χ1) is 6.75. The van der Waals surface area contributed by atoms with Gasteiger partial charge < -0.3 is 10.1 Å². The Kier molecular flexibility index (Phi) is 5.45. The molecule has 1 unspecified atom stereocenters. The van der Waals surface area contributed by atoms with Crippen molar-refractivity contribution in [1.82, 2.24) is 10.2 Å². The molecule has 1 fully saturated rings. The lowest BCUT2D eigenvalue weighted by Gasteiger charge is -2.28. The molecule has 14 heavy (non-hydrogen) atoms. The molecule has 0 aromatic carbocycles. The fraction of sp³-hybridized carbons (Fsp3) is 1.00. The van der Waals surface area contributed by atoms with E-state index in [0.29, 0.717) is 6.04 Å². The standard InChI is InChI=1S/C11H24N2O/c1-10(2)13-7-4-5-11(13)9-12-6-8-14-3/h10-12H,4-9H2,1-3H3. The number of hydrogen-bond donors (Lipinski definition) is 1. The molecule has 0 radical (unpaired) electrons. The normalized spacial score (nSPS) is 23.6. The van der Waals surface area contributed by atoms with E-state index in [9.17, 15) is 0 Å². The lowest BCUT2D eigenvalue weighted by molar-refractivity contribution is 0.180. The first-order valence-corrected chi connectivity index (χ1v) is 5.71. The summed E-state index contributed by atoms with van der Waals surface area (Å²) in [4.78, 5) is 2.60. The van der Waals surface area contributed by atoms with Gasteiger partial charge in [-0.1, -0.05) is 0 Å². The lowest BCUT2D eigenvalue weighted by Crippen LogP contribution is -2.42. The number of hydrogen-bond acceptors (Lipinski definition) is 3. The molecule has 1 saturated heterocycles. The van der Waals surface area contributed by atoms with Gasteiger partial charge in [0.15, 0.2) is 0 Å². The molecule has 0 spiro atoms. The minimum atomic E-state index is 0.687. The van der Waals surface area contributed by atoms with Crippen molar-refractivity contribution in [2.45, 2.75) is 38.8 Å². The summed E-state index contributed by atoms with van der Waals surface area (Å²) in [6.45, 7) is 8.74. The van der Waals surface area contributed by atoms with E-state index in [1.54, 1.807) is 7.11 Å². The van der Waals surface area contributed by atoms with Crippen molar-refractivity contribution in [1.29, 1.82) is 0 Å². The molecule has 1 N–H and O–H groups in total. The third-order valence-electron chi connectivity index (χ3n) is 2.95. The van der Waals surface area contributed by atoms with Crippen LogP contribution in [0.1, 0.15) is 26.7 Å². The Morgan fingerprint density at radius 2 is 2.29 bits per heavy atom. The molecule has 1 rings (SSSR count). The van der Waals surface area contributed by atoms with Gasteiger partial charge in [-0.05, 0) is 33.2 Å². The highest BCUT2D eigenvalue weighted by Crippen LogP contribution is 2.18. The molecule has 0 amide bonds. The van der Waals surface area contributed by atoms with Crippen LogP contribution in [0.2, 0.25) is 0 Å². The molecule has 0 aliphatic carbocycles. The molecule has 84 valence electrons. The number of ether oxygens (including phenoxy) is 1. The van der Waals surface area contributed by atoms with Crippen molar-refractivity contribution < 1.29 is 4.74 Å². The lowest BCUT2D eigenvalue weighted by atomic mass is 10.2. The van der Waals surface area contributed by atoms with Crippen LogP contribution >= 0.6 is 0 Å². The third-order valence-corrected chi connectivity index (χ3v) is 2.95. The maximum absolute atomic E-state index is 5.00. The Balaban J connectivity index is 2.16. The van der Waals surface area contributed by atoms with Gasteiger partial charge in [-0.15, -0.1) is 0 Å². The molecule has 1 aliphatic rings. The quantitative estimate of drug-likeness (QED) is 0.650. The van der Waals surface area contributed by atoms with Gasteiger partial charge in [0.05, 0.1) is 6.61 Å². The van der Waals surface area contributed by atoms with Gasteiger partial charge in [-0.25, -0.2) is 0 Å². The van der Waals surface area contributed by atoms with E-state index in [1.165, 1.54) is 19.4 Å². The molecule has 0 saturated carbocycles. The van der Waals surface area contributed by atoms with Crippen molar-refractivity contribution in [2.75, 3.05) is 33.4 Å². The van der Waals surface area contributed by atoms with E-state index in [4.69, 9.17) is 4.74 Å². The second-order valence-electron chi connectivity index (χ2n) is 4.32. The fourth-order valence-electron chi connectivity index (χ4n) is 2.20. The third kappa shape index (κ3) is 3.56. The Morgan fingerprint density at radius 3 is 2.93 bits per heavy atom. The van der Waals surface area contributed by atoms with Crippen molar-refractivity contribution in [3.63, 3.8) is 0 Å². The zero-order valence-electron chi connectivity index (χ0n) is 9.75. The van der Waals surface area contributed by atoms with E-state index >= 15 is 0 Å². The topological polar surface area (TPSA) is 24.5 Å². The predicted molar refractivity (Wildman–Crippen MR) is 59.6 cm³/mol. The molecule has 1 atom stereocenters. The van der Waals surface area contributed by atoms with Crippen molar-refractivity contribution >= 4 is 0 Å². The van der Waals surface area contributed by atoms with Crippen LogP contribution in [0.4, 0.5) is 0 Å². The molecule has 3 heteroatoms. The van der Waals surface area contributed by atoms with E-state index in [-0.39, 0.29) is 0 Å². The highest BCUT2D eigenvalue weighted by atomic mass is 16.5. The second-order valence-corrected chi connectivity index (χ2v) is 4.32. The van der Waals surface area contributed by atoms with Gasteiger partial charge in [-0.2, -0.15) is 0 Å². The highest BCUT2D eigenvalue weighted by molar-refractivity contribution is 4.82. The van der Waals surface area contributed by atoms with Gasteiger partial charge in [-0.3, -0.25) is 4.90 Å². The first kappa shape index (κ1) is 12.0. The number of nitrogens with zero attached hydrogens (tertiary/aromatic N) is 1. The van der Waals surface area contributed by atoms with Gasteiger partial charge in [0.1, 0.15) is 0 Å². The predicted octanol–water partition coefficient (Wildman–Crippen LogP) is 1.10. The zero-order chi connectivity index (χ0) is 10.4. The van der Waals surface area contributed by atoms with Crippen molar-refractivity contribution in [3.8, 4) is 0 Å². The summed E-state index contributed by atoms with van der Waals surface area (Å²) in [6, 6.07) is 1.43. The zero-order valence-corrected chi connectivity index (χ0v) is 9.75. The minimum Gasteiger partial charge on any atom is -0.383 e. The average Bonchev–Trinajstić information content (AvgIpc) is 2.60. The van der Waals surface area contributed by atoms with Crippen LogP contribution in [0, 0.1) is 0 Å². The van der Waals surface area contributed by atoms with Crippen LogP contribution in [0.3, 0.4) is 0 Å². The first-order valence-electron chi connectivity index (χ1n) is 5.71. The monoisotopic (exact) mass is 200 g/mol. The molecule has 3 nitrogen and oxygen atoms in total. The van der Waals surface area contributed by atoms with Crippen molar-refractivity contribution in [3.05, 3.63) is 0 Å². The van der Waals surface area contributed by atoms with Gasteiger partial charge in [0.2, 0.25) is 0 Å². The molecular weight excluding hydrogens is 176 g/mol. The van der Waals surface area contributed by atoms with Crippen LogP contribution in [0.15, 0.2) is 0 Å². The maximum atomic E-state index is 5.00. The summed E-state index contributed by atoms with van der Waals surface area (Å²) in [5, 5.41) is 3.45. The Hall–Kier alpha value is -0.120. The van der Waals surface area contributed by atoms with Gasteiger partial charge in [0.25, 0.3) is 0 Å². The minimum absolute atomic E-state index is 0.687. The average molecular weight is 200 g/mol. The van der Waals surface area contributed by atoms with Crippen LogP contribution < -0.4 is 5.32 Å². The Morgan fingerprint density at radius 1 is 1.50 bits per heavy atom. The summed E-state index contributed by atoms with van der Waals surface area (Å²) in [6.07, 6.45) is 2.70. The molecule has 0 bridgehead atoms. The van der Waals surface area contributed by atoms with Crippen LogP contribution in [-0.2, 0) is 4.74 Å². The van der Waals surface area contributed by atoms with E-state index < -0.39 is 0 Å². The summed E-state index contributed by atoms with van der Waals surface area (Å²) in [5.41, 5.74) is 0. The molecule has 0 aromatic heterocycles.